The van der Waals surface area contributed by atoms with Gasteiger partial charge in [0.05, 0.1) is 0 Å². The Morgan fingerprint density at radius 2 is 2.13 bits per heavy atom. The first kappa shape index (κ1) is 18.0. The van der Waals surface area contributed by atoms with E-state index in [1.54, 1.807) is 0 Å². The van der Waals surface area contributed by atoms with Gasteiger partial charge in [-0.1, -0.05) is 30.7 Å². The van der Waals surface area contributed by atoms with E-state index in [4.69, 9.17) is 16.3 Å². The highest BCUT2D eigenvalue weighted by molar-refractivity contribution is 6.30. The fourth-order valence-electron chi connectivity index (χ4n) is 2.86. The van der Waals surface area contributed by atoms with Crippen LogP contribution in [0.4, 0.5) is 0 Å². The van der Waals surface area contributed by atoms with Crippen molar-refractivity contribution in [3.05, 3.63) is 53.1 Å². The van der Waals surface area contributed by atoms with Gasteiger partial charge in [0.25, 0.3) is 0 Å². The van der Waals surface area contributed by atoms with Gasteiger partial charge in [-0.3, -0.25) is 0 Å². The highest BCUT2D eigenvalue weighted by atomic mass is 35.5. The minimum atomic E-state index is -0.574. The van der Waals surface area contributed by atoms with Gasteiger partial charge in [-0.15, -0.1) is 0 Å². The zero-order valence-electron chi connectivity index (χ0n) is 14.4. The molecule has 2 rings (SSSR count). The van der Waals surface area contributed by atoms with Crippen molar-refractivity contribution < 1.29 is 4.74 Å². The van der Waals surface area contributed by atoms with Gasteiger partial charge in [0.1, 0.15) is 5.82 Å². The maximum Gasteiger partial charge on any atom is 0.150 e. The van der Waals surface area contributed by atoms with Crippen molar-refractivity contribution in [2.75, 3.05) is 27.2 Å². The Hall–Kier alpha value is -1.36. The van der Waals surface area contributed by atoms with Gasteiger partial charge in [0.2, 0.25) is 0 Å². The van der Waals surface area contributed by atoms with E-state index in [2.05, 4.69) is 37.0 Å². The highest BCUT2D eigenvalue weighted by Gasteiger charge is 2.37. The summed E-state index contributed by atoms with van der Waals surface area (Å²) in [5.74, 6) is 0.909. The van der Waals surface area contributed by atoms with Crippen molar-refractivity contribution in [3.63, 3.8) is 0 Å². The number of ether oxygens (including phenoxy) is 1. The van der Waals surface area contributed by atoms with Crippen LogP contribution >= 0.6 is 11.6 Å². The highest BCUT2D eigenvalue weighted by Crippen LogP contribution is 2.37. The maximum absolute atomic E-state index is 6.43. The van der Waals surface area contributed by atoms with Crippen molar-refractivity contribution >= 4 is 11.6 Å². The summed E-state index contributed by atoms with van der Waals surface area (Å²) in [6.45, 7) is 3.79. The number of hydrogen-bond donors (Lipinski definition) is 0. The molecule has 1 heterocycles. The number of nitrogens with zero attached hydrogens (tertiary/aromatic N) is 3. The Labute approximate surface area is 144 Å². The molecule has 126 valence electrons. The summed E-state index contributed by atoms with van der Waals surface area (Å²) in [6.07, 6.45) is 5.53. The molecular weight excluding hydrogens is 310 g/mol. The zero-order valence-corrected chi connectivity index (χ0v) is 15.2. The smallest absolute Gasteiger partial charge is 0.150 e. The molecule has 0 radical (unpaired) electrons. The second kappa shape index (κ2) is 7.95. The summed E-state index contributed by atoms with van der Waals surface area (Å²) >= 11 is 6.22. The first-order valence-corrected chi connectivity index (χ1v) is 8.40. The summed E-state index contributed by atoms with van der Waals surface area (Å²) in [5.41, 5.74) is 0.474. The van der Waals surface area contributed by atoms with Gasteiger partial charge in [0.15, 0.2) is 5.60 Å². The van der Waals surface area contributed by atoms with E-state index < -0.39 is 5.60 Å². The fraction of sp³-hybridized carbons (Fsp3) is 0.500. The summed E-state index contributed by atoms with van der Waals surface area (Å²) in [6, 6.07) is 7.89. The lowest BCUT2D eigenvalue weighted by Gasteiger charge is -2.33. The molecule has 0 spiro atoms. The van der Waals surface area contributed by atoms with Crippen molar-refractivity contribution in [2.24, 2.45) is 7.05 Å². The lowest BCUT2D eigenvalue weighted by molar-refractivity contribution is -0.0322. The van der Waals surface area contributed by atoms with Crippen molar-refractivity contribution in [2.45, 2.75) is 25.4 Å². The summed E-state index contributed by atoms with van der Waals surface area (Å²) in [5, 5.41) is 0.714. The average molecular weight is 336 g/mol. The van der Waals surface area contributed by atoms with E-state index in [9.17, 15) is 0 Å². The molecule has 4 nitrogen and oxygen atoms in total. The van der Waals surface area contributed by atoms with E-state index in [-0.39, 0.29) is 0 Å². The maximum atomic E-state index is 6.43. The minimum Gasteiger partial charge on any atom is -0.362 e. The standard InChI is InChI=1S/C18H26ClN3O/c1-5-18(17-20-10-12-22(17)4,23-13-7-11-21(2)3)15-8-6-9-16(19)14-15/h6,8-10,12,14H,5,7,11,13H2,1-4H3. The van der Waals surface area contributed by atoms with Crippen LogP contribution in [0.15, 0.2) is 36.7 Å². The summed E-state index contributed by atoms with van der Waals surface area (Å²) in [7, 11) is 6.14. The van der Waals surface area contributed by atoms with Gasteiger partial charge in [-0.25, -0.2) is 4.98 Å². The summed E-state index contributed by atoms with van der Waals surface area (Å²) in [4.78, 5) is 6.73. The Balaban J connectivity index is 2.35. The molecule has 2 aromatic rings. The van der Waals surface area contributed by atoms with Gasteiger partial charge >= 0.3 is 0 Å². The van der Waals surface area contributed by atoms with E-state index in [0.29, 0.717) is 11.6 Å². The van der Waals surface area contributed by atoms with Gasteiger partial charge in [0, 0.05) is 31.1 Å². The third kappa shape index (κ3) is 4.14. The predicted octanol–water partition coefficient (Wildman–Crippen LogP) is 3.70. The van der Waals surface area contributed by atoms with E-state index in [1.165, 1.54) is 0 Å². The predicted molar refractivity (Wildman–Crippen MR) is 94.9 cm³/mol. The van der Waals surface area contributed by atoms with Gasteiger partial charge in [-0.05, 0) is 51.2 Å². The number of hydrogen-bond acceptors (Lipinski definition) is 3. The van der Waals surface area contributed by atoms with Crippen LogP contribution in [0.2, 0.25) is 5.02 Å². The molecule has 0 saturated carbocycles. The Bertz CT molecular complexity index is 626. The SMILES string of the molecule is CCC(OCCCN(C)C)(c1cccc(Cl)c1)c1nccn1C. The number of aromatic nitrogens is 2. The molecule has 0 amide bonds. The Morgan fingerprint density at radius 1 is 1.35 bits per heavy atom. The molecule has 0 bridgehead atoms. The fourth-order valence-corrected chi connectivity index (χ4v) is 3.05. The third-order valence-corrected chi connectivity index (χ3v) is 4.30. The van der Waals surface area contributed by atoms with Crippen LogP contribution in [-0.2, 0) is 17.4 Å². The number of halogens is 1. The Kier molecular flexibility index (Phi) is 6.22. The number of benzene rings is 1. The molecule has 0 aliphatic heterocycles. The van der Waals surface area contributed by atoms with E-state index >= 15 is 0 Å². The van der Waals surface area contributed by atoms with Crippen LogP contribution < -0.4 is 0 Å². The van der Waals surface area contributed by atoms with Crippen molar-refractivity contribution in [1.29, 1.82) is 0 Å². The van der Waals surface area contributed by atoms with Crippen LogP contribution in [-0.4, -0.2) is 41.7 Å². The molecule has 0 aliphatic carbocycles. The van der Waals surface area contributed by atoms with Crippen molar-refractivity contribution in [3.8, 4) is 0 Å². The molecule has 1 aromatic heterocycles. The van der Waals surface area contributed by atoms with E-state index in [1.807, 2.05) is 42.2 Å². The first-order chi connectivity index (χ1) is 11.0. The average Bonchev–Trinajstić information content (AvgIpc) is 2.94. The molecule has 23 heavy (non-hydrogen) atoms. The van der Waals surface area contributed by atoms with Crippen LogP contribution in [0.3, 0.4) is 0 Å². The quantitative estimate of drug-likeness (QED) is 0.689. The van der Waals surface area contributed by atoms with E-state index in [0.717, 1.165) is 30.8 Å². The topological polar surface area (TPSA) is 30.3 Å². The molecule has 1 unspecified atom stereocenters. The number of aryl methyl sites for hydroxylation is 1. The largest absolute Gasteiger partial charge is 0.362 e. The van der Waals surface area contributed by atoms with Crippen LogP contribution in [0.5, 0.6) is 0 Å². The van der Waals surface area contributed by atoms with Gasteiger partial charge in [-0.2, -0.15) is 0 Å². The first-order valence-electron chi connectivity index (χ1n) is 8.02. The third-order valence-electron chi connectivity index (χ3n) is 4.07. The normalized spacial score (nSPS) is 14.2. The number of imidazole rings is 1. The Morgan fingerprint density at radius 3 is 2.70 bits per heavy atom. The lowest BCUT2D eigenvalue weighted by atomic mass is 9.89. The molecule has 0 saturated heterocycles. The molecule has 0 N–H and O–H groups in total. The van der Waals surface area contributed by atoms with Crippen LogP contribution in [0.1, 0.15) is 31.2 Å². The minimum absolute atomic E-state index is 0.574. The monoisotopic (exact) mass is 335 g/mol. The second-order valence-electron chi connectivity index (χ2n) is 6.06. The molecule has 0 fully saturated rings. The molecule has 0 aliphatic rings. The molecule has 1 atom stereocenters. The summed E-state index contributed by atoms with van der Waals surface area (Å²) < 4.78 is 8.45. The zero-order chi connectivity index (χ0) is 16.9. The number of rotatable bonds is 8. The molecular formula is C18H26ClN3O. The van der Waals surface area contributed by atoms with Crippen LogP contribution in [0.25, 0.3) is 0 Å². The van der Waals surface area contributed by atoms with Crippen LogP contribution in [0, 0.1) is 0 Å². The molecule has 5 heteroatoms. The lowest BCUT2D eigenvalue weighted by Crippen LogP contribution is -2.34. The second-order valence-corrected chi connectivity index (χ2v) is 6.49. The van der Waals surface area contributed by atoms with Gasteiger partial charge < -0.3 is 14.2 Å². The molecule has 1 aromatic carbocycles. The van der Waals surface area contributed by atoms with Crippen molar-refractivity contribution in [1.82, 2.24) is 14.5 Å².